The van der Waals surface area contributed by atoms with Gasteiger partial charge in [0.25, 0.3) is 5.91 Å². The first kappa shape index (κ1) is 29.5. The number of amides is 3. The maximum Gasteiger partial charge on any atom is 0.251 e. The fraction of sp³-hybridized carbons (Fsp3) is 0.333. The van der Waals surface area contributed by atoms with Crippen molar-refractivity contribution in [2.75, 3.05) is 19.3 Å². The van der Waals surface area contributed by atoms with Crippen LogP contribution in [0.4, 0.5) is 0 Å². The largest absolute Gasteiger partial charge is 0.384 e. The minimum absolute atomic E-state index is 0.0391. The molecular formula is C30H33N5O5S2. The third-order valence-electron chi connectivity index (χ3n) is 8.11. The highest BCUT2D eigenvalue weighted by molar-refractivity contribution is 7.91. The Hall–Kier alpha value is -4.03. The molecular weight excluding hydrogens is 574 g/mol. The molecule has 0 spiro atoms. The van der Waals surface area contributed by atoms with E-state index in [4.69, 9.17) is 11.1 Å². The lowest BCUT2D eigenvalue weighted by atomic mass is 9.98. The molecule has 2 heterocycles. The zero-order valence-electron chi connectivity index (χ0n) is 23.5. The number of nitrogen functional groups attached to an aromatic ring is 1. The molecule has 4 atom stereocenters. The summed E-state index contributed by atoms with van der Waals surface area (Å²) in [7, 11) is -3.53. The summed E-state index contributed by atoms with van der Waals surface area (Å²) in [5.74, 6) is -1.33. The molecule has 3 aromatic rings. The van der Waals surface area contributed by atoms with Crippen LogP contribution in [0.5, 0.6) is 0 Å². The fourth-order valence-corrected chi connectivity index (χ4v) is 7.57. The van der Waals surface area contributed by atoms with Crippen molar-refractivity contribution in [3.05, 3.63) is 81.0 Å². The van der Waals surface area contributed by atoms with Crippen LogP contribution in [0.3, 0.4) is 0 Å². The van der Waals surface area contributed by atoms with Crippen LogP contribution in [0.1, 0.15) is 64.2 Å². The summed E-state index contributed by atoms with van der Waals surface area (Å²) in [4.78, 5) is 41.7. The third kappa shape index (κ3) is 5.68. The first-order valence-corrected chi connectivity index (χ1v) is 16.4. The lowest BCUT2D eigenvalue weighted by Gasteiger charge is -2.25. The molecule has 2 aromatic carbocycles. The summed E-state index contributed by atoms with van der Waals surface area (Å²) in [6, 6.07) is 13.8. The van der Waals surface area contributed by atoms with E-state index in [9.17, 15) is 22.8 Å². The quantitative estimate of drug-likeness (QED) is 0.227. The van der Waals surface area contributed by atoms with E-state index in [1.54, 1.807) is 24.4 Å². The second-order valence-corrected chi connectivity index (χ2v) is 14.2. The number of nitrogens with zero attached hydrogens (tertiary/aromatic N) is 1. The van der Waals surface area contributed by atoms with E-state index in [-0.39, 0.29) is 31.3 Å². The van der Waals surface area contributed by atoms with Crippen LogP contribution in [-0.2, 0) is 19.4 Å². The Morgan fingerprint density at radius 1 is 1.10 bits per heavy atom. The highest BCUT2D eigenvalue weighted by atomic mass is 32.2. The highest BCUT2D eigenvalue weighted by Gasteiger charge is 2.43. The summed E-state index contributed by atoms with van der Waals surface area (Å²) in [6.07, 6.45) is 1.05. The van der Waals surface area contributed by atoms with E-state index in [1.165, 1.54) is 21.8 Å². The average Bonchev–Trinajstić information content (AvgIpc) is 3.69. The molecule has 1 aromatic heterocycles. The van der Waals surface area contributed by atoms with Gasteiger partial charge in [0.1, 0.15) is 11.9 Å². The maximum absolute atomic E-state index is 13.3. The first-order valence-electron chi connectivity index (χ1n) is 13.6. The molecule has 1 saturated heterocycles. The van der Waals surface area contributed by atoms with Crippen LogP contribution >= 0.6 is 11.3 Å². The number of amidine groups is 1. The Morgan fingerprint density at radius 2 is 1.81 bits per heavy atom. The number of carbonyl (C=O) groups is 3. The molecule has 0 saturated carbocycles. The van der Waals surface area contributed by atoms with Gasteiger partial charge in [0.05, 0.1) is 17.8 Å². The van der Waals surface area contributed by atoms with Crippen LogP contribution in [-0.4, -0.2) is 67.5 Å². The number of sulfone groups is 1. The second-order valence-electron chi connectivity index (χ2n) is 10.9. The van der Waals surface area contributed by atoms with E-state index in [2.05, 4.69) is 23.6 Å². The van der Waals surface area contributed by atoms with Crippen molar-refractivity contribution in [3.63, 3.8) is 0 Å². The van der Waals surface area contributed by atoms with Crippen molar-refractivity contribution < 1.29 is 22.8 Å². The van der Waals surface area contributed by atoms with Gasteiger partial charge in [-0.3, -0.25) is 19.8 Å². The zero-order chi connectivity index (χ0) is 30.3. The van der Waals surface area contributed by atoms with E-state index in [0.717, 1.165) is 27.8 Å². The van der Waals surface area contributed by atoms with Crippen molar-refractivity contribution in [1.82, 2.24) is 15.5 Å². The molecule has 2 aliphatic rings. The van der Waals surface area contributed by atoms with Gasteiger partial charge in [0.2, 0.25) is 11.8 Å². The predicted molar refractivity (Wildman–Crippen MR) is 162 cm³/mol. The standard InChI is InChI=1S/C30H33N5O5S2/c1-16-21-6-4-5-7-23(21)24-10-18(8-9-22(16)24)29(37)33-13-27(36)35-14-20(42(3,39)40)12-25(35)30(38)34-17(2)26-11-19(15-41-26)28(31)32/h4-11,15-17,20,25H,12-14H2,1-3H3,(H3,31,32)(H,33,37)(H,34,38)/t16?,17-,20-,25+/m1/s1. The smallest absolute Gasteiger partial charge is 0.251 e. The fourth-order valence-electron chi connectivity index (χ4n) is 5.69. The van der Waals surface area contributed by atoms with Crippen molar-refractivity contribution in [3.8, 4) is 11.1 Å². The lowest BCUT2D eigenvalue weighted by molar-refractivity contribution is -0.137. The van der Waals surface area contributed by atoms with Gasteiger partial charge in [-0.1, -0.05) is 37.3 Å². The van der Waals surface area contributed by atoms with E-state index < -0.39 is 44.9 Å². The molecule has 1 fully saturated rings. The number of benzene rings is 2. The SMILES string of the molecule is CC1c2ccccc2-c2cc(C(=O)NCC(=O)N3C[C@H](S(C)(=O)=O)C[C@H]3C(=O)N[C@H](C)c3cc(C(=N)N)cs3)ccc21. The van der Waals surface area contributed by atoms with Gasteiger partial charge in [0.15, 0.2) is 9.84 Å². The van der Waals surface area contributed by atoms with Gasteiger partial charge in [-0.05, 0) is 53.8 Å². The highest BCUT2D eigenvalue weighted by Crippen LogP contribution is 2.44. The topological polar surface area (TPSA) is 163 Å². The van der Waals surface area contributed by atoms with Gasteiger partial charge < -0.3 is 21.3 Å². The number of fused-ring (bicyclic) bond motifs is 3. The molecule has 10 nitrogen and oxygen atoms in total. The summed E-state index contributed by atoms with van der Waals surface area (Å²) < 4.78 is 24.7. The van der Waals surface area contributed by atoms with Crippen LogP contribution in [0.15, 0.2) is 53.9 Å². The molecule has 1 aliphatic heterocycles. The van der Waals surface area contributed by atoms with E-state index in [1.807, 2.05) is 30.3 Å². The normalized spacial score (nSPS) is 20.0. The van der Waals surface area contributed by atoms with Crippen molar-refractivity contribution >= 4 is 44.7 Å². The number of hydrogen-bond donors (Lipinski definition) is 4. The molecule has 42 heavy (non-hydrogen) atoms. The van der Waals surface area contributed by atoms with Gasteiger partial charge in [-0.2, -0.15) is 0 Å². The van der Waals surface area contributed by atoms with Crippen LogP contribution < -0.4 is 16.4 Å². The first-order chi connectivity index (χ1) is 19.8. The molecule has 5 N–H and O–H groups in total. The zero-order valence-corrected chi connectivity index (χ0v) is 25.1. The number of likely N-dealkylation sites (tertiary alicyclic amines) is 1. The van der Waals surface area contributed by atoms with E-state index >= 15 is 0 Å². The Labute approximate surface area is 248 Å². The molecule has 1 aliphatic carbocycles. The summed E-state index contributed by atoms with van der Waals surface area (Å²) >= 11 is 1.34. The molecule has 220 valence electrons. The molecule has 0 bridgehead atoms. The van der Waals surface area contributed by atoms with Crippen LogP contribution in [0.2, 0.25) is 0 Å². The number of nitrogens with one attached hydrogen (secondary N) is 3. The number of thiophene rings is 1. The number of hydrogen-bond acceptors (Lipinski definition) is 7. The Morgan fingerprint density at radius 3 is 2.50 bits per heavy atom. The Bertz CT molecular complexity index is 1700. The van der Waals surface area contributed by atoms with Gasteiger partial charge in [0, 0.05) is 40.1 Å². The third-order valence-corrected chi connectivity index (χ3v) is 10.8. The van der Waals surface area contributed by atoms with Crippen molar-refractivity contribution in [2.45, 2.75) is 43.5 Å². The summed E-state index contributed by atoms with van der Waals surface area (Å²) in [5, 5.41) is 13.9. The second kappa shape index (κ2) is 11.3. The average molecular weight is 608 g/mol. The Kier molecular flexibility index (Phi) is 7.95. The minimum atomic E-state index is -3.53. The predicted octanol–water partition coefficient (Wildman–Crippen LogP) is 2.79. The number of nitrogens with two attached hydrogens (primary N) is 1. The van der Waals surface area contributed by atoms with Crippen molar-refractivity contribution in [1.29, 1.82) is 5.41 Å². The molecule has 1 unspecified atom stereocenters. The lowest BCUT2D eigenvalue weighted by Crippen LogP contribution is -2.49. The molecule has 12 heteroatoms. The van der Waals surface area contributed by atoms with Crippen molar-refractivity contribution in [2.24, 2.45) is 5.73 Å². The monoisotopic (exact) mass is 607 g/mol. The van der Waals surface area contributed by atoms with Crippen LogP contribution in [0, 0.1) is 5.41 Å². The minimum Gasteiger partial charge on any atom is -0.384 e. The Balaban J connectivity index is 1.27. The van der Waals surface area contributed by atoms with Crippen LogP contribution in [0.25, 0.3) is 11.1 Å². The van der Waals surface area contributed by atoms with Gasteiger partial charge >= 0.3 is 0 Å². The van der Waals surface area contributed by atoms with Gasteiger partial charge in [-0.15, -0.1) is 11.3 Å². The van der Waals surface area contributed by atoms with E-state index in [0.29, 0.717) is 11.1 Å². The summed E-state index contributed by atoms with van der Waals surface area (Å²) in [5.41, 5.74) is 10.9. The summed E-state index contributed by atoms with van der Waals surface area (Å²) in [6.45, 7) is 3.37. The molecule has 5 rings (SSSR count). The van der Waals surface area contributed by atoms with Gasteiger partial charge in [-0.25, -0.2) is 8.42 Å². The number of carbonyl (C=O) groups excluding carboxylic acids is 3. The molecule has 0 radical (unpaired) electrons. The molecule has 3 amide bonds. The number of rotatable bonds is 8. The maximum atomic E-state index is 13.3.